The van der Waals surface area contributed by atoms with Crippen LogP contribution in [-0.4, -0.2) is 20.2 Å². The molecule has 0 aliphatic rings. The number of benzene rings is 1. The topological polar surface area (TPSA) is 78.8 Å². The number of aryl methyl sites for hydroxylation is 1. The zero-order valence-corrected chi connectivity index (χ0v) is 8.29. The maximum atomic E-state index is 5.56. The third-order valence-corrected chi connectivity index (χ3v) is 1.93. The van der Waals surface area contributed by atoms with E-state index in [0.717, 1.165) is 11.3 Å². The number of nitrogens with two attached hydrogens (primary N) is 1. The summed E-state index contributed by atoms with van der Waals surface area (Å²) in [7, 11) is 1.72. The summed E-state index contributed by atoms with van der Waals surface area (Å²) >= 11 is 0. The van der Waals surface area contributed by atoms with Crippen LogP contribution >= 0.6 is 0 Å². The van der Waals surface area contributed by atoms with Crippen molar-refractivity contribution >= 4 is 5.69 Å². The van der Waals surface area contributed by atoms with E-state index in [4.69, 9.17) is 10.5 Å². The predicted octanol–water partition coefficient (Wildman–Crippen LogP) is 0.371. The molecule has 0 saturated carbocycles. The first-order chi connectivity index (χ1) is 7.25. The highest BCUT2D eigenvalue weighted by Gasteiger charge is 2.02. The van der Waals surface area contributed by atoms with Crippen LogP contribution in [0.25, 0.3) is 0 Å². The van der Waals surface area contributed by atoms with Crippen LogP contribution in [-0.2, 0) is 13.7 Å². The van der Waals surface area contributed by atoms with E-state index in [1.807, 2.05) is 24.3 Å². The molecule has 1 aromatic carbocycles. The average molecular weight is 205 g/mol. The van der Waals surface area contributed by atoms with Crippen molar-refractivity contribution in [3.05, 3.63) is 29.8 Å². The van der Waals surface area contributed by atoms with Gasteiger partial charge in [0.2, 0.25) is 0 Å². The van der Waals surface area contributed by atoms with Crippen LogP contribution in [0.15, 0.2) is 24.3 Å². The van der Waals surface area contributed by atoms with Crippen molar-refractivity contribution < 1.29 is 4.74 Å². The maximum absolute atomic E-state index is 5.56. The molecule has 0 spiro atoms. The summed E-state index contributed by atoms with van der Waals surface area (Å²) in [5.41, 5.74) is 7.32. The van der Waals surface area contributed by atoms with Gasteiger partial charge in [-0.25, -0.2) is 0 Å². The Morgan fingerprint density at radius 3 is 2.67 bits per heavy atom. The molecule has 2 aromatic rings. The fourth-order valence-corrected chi connectivity index (χ4v) is 1.11. The highest BCUT2D eigenvalue weighted by atomic mass is 16.5. The van der Waals surface area contributed by atoms with Crippen LogP contribution in [0, 0.1) is 0 Å². The number of hydrogen-bond acceptors (Lipinski definition) is 5. The lowest BCUT2D eigenvalue weighted by Crippen LogP contribution is -2.01. The molecule has 15 heavy (non-hydrogen) atoms. The van der Waals surface area contributed by atoms with Crippen LogP contribution in [0.4, 0.5) is 5.69 Å². The summed E-state index contributed by atoms with van der Waals surface area (Å²) in [6.45, 7) is 0.425. The first-order valence-electron chi connectivity index (χ1n) is 4.45. The van der Waals surface area contributed by atoms with E-state index in [0.29, 0.717) is 12.6 Å². The van der Waals surface area contributed by atoms with E-state index in [2.05, 4.69) is 15.5 Å². The Labute approximate surface area is 86.7 Å². The molecule has 0 radical (unpaired) electrons. The first-order valence-corrected chi connectivity index (χ1v) is 4.45. The fourth-order valence-electron chi connectivity index (χ4n) is 1.11. The van der Waals surface area contributed by atoms with Crippen molar-refractivity contribution in [3.63, 3.8) is 0 Å². The number of anilines is 1. The number of rotatable bonds is 3. The van der Waals surface area contributed by atoms with Crippen LogP contribution < -0.4 is 10.5 Å². The molecule has 2 rings (SSSR count). The Morgan fingerprint density at radius 1 is 1.33 bits per heavy atom. The number of nitrogens with zero attached hydrogens (tertiary/aromatic N) is 4. The van der Waals surface area contributed by atoms with Crippen LogP contribution in [0.1, 0.15) is 5.56 Å². The van der Waals surface area contributed by atoms with Crippen LogP contribution in [0.5, 0.6) is 6.01 Å². The highest BCUT2D eigenvalue weighted by molar-refractivity contribution is 5.39. The molecule has 2 N–H and O–H groups in total. The molecule has 1 aromatic heterocycles. The monoisotopic (exact) mass is 205 g/mol. The summed E-state index contributed by atoms with van der Waals surface area (Å²) in [6, 6.07) is 7.85. The maximum Gasteiger partial charge on any atom is 0.335 e. The van der Waals surface area contributed by atoms with E-state index in [9.17, 15) is 0 Å². The third-order valence-electron chi connectivity index (χ3n) is 1.93. The average Bonchev–Trinajstić information content (AvgIpc) is 2.63. The quantitative estimate of drug-likeness (QED) is 0.732. The Balaban J connectivity index is 1.99. The third kappa shape index (κ3) is 2.22. The Morgan fingerprint density at radius 2 is 2.07 bits per heavy atom. The zero-order chi connectivity index (χ0) is 10.7. The van der Waals surface area contributed by atoms with Crippen molar-refractivity contribution in [2.75, 3.05) is 5.73 Å². The Hall–Kier alpha value is -2.11. The van der Waals surface area contributed by atoms with Gasteiger partial charge < -0.3 is 10.5 Å². The summed E-state index contributed by atoms with van der Waals surface area (Å²) in [5, 5.41) is 10.8. The second-order valence-electron chi connectivity index (χ2n) is 3.12. The molecule has 0 bridgehead atoms. The van der Waals surface area contributed by atoms with Gasteiger partial charge in [0.05, 0.1) is 0 Å². The second-order valence-corrected chi connectivity index (χ2v) is 3.12. The summed E-state index contributed by atoms with van der Waals surface area (Å²) in [6.07, 6.45) is 0. The van der Waals surface area contributed by atoms with E-state index >= 15 is 0 Å². The van der Waals surface area contributed by atoms with Gasteiger partial charge in [0.1, 0.15) is 6.61 Å². The van der Waals surface area contributed by atoms with Gasteiger partial charge in [0.15, 0.2) is 0 Å². The molecule has 6 heteroatoms. The van der Waals surface area contributed by atoms with E-state index < -0.39 is 0 Å². The van der Waals surface area contributed by atoms with Gasteiger partial charge in [-0.05, 0) is 28.1 Å². The number of nitrogen functional groups attached to an aromatic ring is 1. The molecule has 0 amide bonds. The molecule has 0 aliphatic carbocycles. The Kier molecular flexibility index (Phi) is 2.49. The van der Waals surface area contributed by atoms with Gasteiger partial charge in [-0.3, -0.25) is 0 Å². The standard InChI is InChI=1S/C9H11N5O/c1-14-9(11-12-13-14)15-6-7-2-4-8(10)5-3-7/h2-5H,6,10H2,1H3. The molecular formula is C9H11N5O. The number of ether oxygens (including phenoxy) is 1. The molecule has 0 saturated heterocycles. The summed E-state index contributed by atoms with van der Waals surface area (Å²) in [5.74, 6) is 0. The van der Waals surface area contributed by atoms with E-state index in [1.54, 1.807) is 7.05 Å². The van der Waals surface area contributed by atoms with Gasteiger partial charge in [-0.1, -0.05) is 17.2 Å². The lowest BCUT2D eigenvalue weighted by atomic mass is 10.2. The zero-order valence-electron chi connectivity index (χ0n) is 8.29. The van der Waals surface area contributed by atoms with Gasteiger partial charge in [-0.15, -0.1) is 0 Å². The second kappa shape index (κ2) is 3.95. The minimum Gasteiger partial charge on any atom is -0.458 e. The molecule has 0 fully saturated rings. The van der Waals surface area contributed by atoms with Gasteiger partial charge >= 0.3 is 6.01 Å². The molecule has 0 unspecified atom stereocenters. The van der Waals surface area contributed by atoms with Crippen LogP contribution in [0.2, 0.25) is 0 Å². The molecule has 6 nitrogen and oxygen atoms in total. The van der Waals surface area contributed by atoms with E-state index in [-0.39, 0.29) is 0 Å². The fraction of sp³-hybridized carbons (Fsp3) is 0.222. The predicted molar refractivity (Wildman–Crippen MR) is 54.0 cm³/mol. The van der Waals surface area contributed by atoms with E-state index in [1.165, 1.54) is 4.68 Å². The minimum absolute atomic E-state index is 0.395. The molecule has 1 heterocycles. The van der Waals surface area contributed by atoms with Crippen molar-refractivity contribution in [2.45, 2.75) is 6.61 Å². The van der Waals surface area contributed by atoms with Crippen molar-refractivity contribution in [1.82, 2.24) is 20.2 Å². The molecule has 0 aliphatic heterocycles. The number of tetrazole rings is 1. The Bertz CT molecular complexity index is 436. The minimum atomic E-state index is 0.395. The number of aromatic nitrogens is 4. The van der Waals surface area contributed by atoms with Crippen molar-refractivity contribution in [3.8, 4) is 6.01 Å². The lowest BCUT2D eigenvalue weighted by Gasteiger charge is -2.03. The summed E-state index contributed by atoms with van der Waals surface area (Å²) < 4.78 is 6.86. The van der Waals surface area contributed by atoms with Crippen molar-refractivity contribution in [2.24, 2.45) is 7.05 Å². The van der Waals surface area contributed by atoms with Gasteiger partial charge in [0.25, 0.3) is 0 Å². The summed E-state index contributed by atoms with van der Waals surface area (Å²) in [4.78, 5) is 0. The molecular weight excluding hydrogens is 194 g/mol. The normalized spacial score (nSPS) is 10.2. The SMILES string of the molecule is Cn1nnnc1OCc1ccc(N)cc1. The van der Waals surface area contributed by atoms with Crippen molar-refractivity contribution in [1.29, 1.82) is 0 Å². The highest BCUT2D eigenvalue weighted by Crippen LogP contribution is 2.08. The molecule has 0 atom stereocenters. The first kappa shape index (κ1) is 9.45. The smallest absolute Gasteiger partial charge is 0.335 e. The van der Waals surface area contributed by atoms with Crippen LogP contribution in [0.3, 0.4) is 0 Å². The number of hydrogen-bond donors (Lipinski definition) is 1. The molecule has 78 valence electrons. The lowest BCUT2D eigenvalue weighted by molar-refractivity contribution is 0.267. The van der Waals surface area contributed by atoms with Gasteiger partial charge in [-0.2, -0.15) is 4.68 Å². The largest absolute Gasteiger partial charge is 0.458 e. The van der Waals surface area contributed by atoms with Gasteiger partial charge in [0, 0.05) is 12.7 Å².